The van der Waals surface area contributed by atoms with Gasteiger partial charge in [-0.05, 0) is 30.5 Å². The summed E-state index contributed by atoms with van der Waals surface area (Å²) in [4.78, 5) is 13.3. The van der Waals surface area contributed by atoms with Gasteiger partial charge in [0.2, 0.25) is 0 Å². The molecule has 100 valence electrons. The Kier molecular flexibility index (Phi) is 3.39. The lowest BCUT2D eigenvalue weighted by Crippen LogP contribution is -2.12. The number of benzene rings is 1. The second kappa shape index (κ2) is 5.35. The van der Waals surface area contributed by atoms with E-state index in [-0.39, 0.29) is 5.91 Å². The van der Waals surface area contributed by atoms with E-state index < -0.39 is 0 Å². The highest BCUT2D eigenvalue weighted by Crippen LogP contribution is 2.31. The molecule has 0 radical (unpaired) electrons. The summed E-state index contributed by atoms with van der Waals surface area (Å²) in [6.45, 7) is 1.85. The number of anilines is 1. The van der Waals surface area contributed by atoms with Crippen molar-refractivity contribution in [3.05, 3.63) is 65.4 Å². The lowest BCUT2D eigenvalue weighted by molar-refractivity contribution is 0.0996. The molecule has 0 aliphatic heterocycles. The maximum atomic E-state index is 12.2. The van der Waals surface area contributed by atoms with E-state index in [1.165, 1.54) is 6.26 Å². The Balaban J connectivity index is 1.92. The van der Waals surface area contributed by atoms with Gasteiger partial charge in [0.25, 0.3) is 5.91 Å². The van der Waals surface area contributed by atoms with E-state index in [0.717, 1.165) is 21.7 Å². The minimum absolute atomic E-state index is 0.225. The van der Waals surface area contributed by atoms with E-state index in [9.17, 15) is 4.79 Å². The van der Waals surface area contributed by atoms with Crippen LogP contribution >= 0.6 is 11.3 Å². The first-order chi connectivity index (χ1) is 9.75. The number of carbonyl (C=O) groups is 1. The SMILES string of the molecule is Cc1ccoc1C(=O)Nc1ccccc1-c1cccs1. The molecule has 0 bridgehead atoms. The summed E-state index contributed by atoms with van der Waals surface area (Å²) in [5, 5.41) is 4.93. The summed E-state index contributed by atoms with van der Waals surface area (Å²) in [6.07, 6.45) is 1.52. The van der Waals surface area contributed by atoms with Gasteiger partial charge in [-0.1, -0.05) is 24.3 Å². The lowest BCUT2D eigenvalue weighted by Gasteiger charge is -2.09. The summed E-state index contributed by atoms with van der Waals surface area (Å²) < 4.78 is 5.22. The van der Waals surface area contributed by atoms with Crippen LogP contribution in [0.4, 0.5) is 5.69 Å². The van der Waals surface area contributed by atoms with Crippen LogP contribution in [0.25, 0.3) is 10.4 Å². The van der Waals surface area contributed by atoms with Crippen LogP contribution in [-0.4, -0.2) is 5.91 Å². The first-order valence-corrected chi connectivity index (χ1v) is 7.12. The Hall–Kier alpha value is -2.33. The van der Waals surface area contributed by atoms with Crippen LogP contribution in [0.5, 0.6) is 0 Å². The molecule has 20 heavy (non-hydrogen) atoms. The molecule has 1 N–H and O–H groups in total. The van der Waals surface area contributed by atoms with Crippen molar-refractivity contribution in [2.75, 3.05) is 5.32 Å². The molecule has 0 aliphatic rings. The van der Waals surface area contributed by atoms with Crippen LogP contribution in [0.1, 0.15) is 16.1 Å². The fourth-order valence-electron chi connectivity index (χ4n) is 2.02. The highest BCUT2D eigenvalue weighted by Gasteiger charge is 2.15. The maximum Gasteiger partial charge on any atom is 0.291 e. The zero-order valence-corrected chi connectivity index (χ0v) is 11.7. The van der Waals surface area contributed by atoms with Crippen molar-refractivity contribution in [3.8, 4) is 10.4 Å². The van der Waals surface area contributed by atoms with Crippen molar-refractivity contribution in [3.63, 3.8) is 0 Å². The van der Waals surface area contributed by atoms with E-state index >= 15 is 0 Å². The predicted molar refractivity (Wildman–Crippen MR) is 81.2 cm³/mol. The van der Waals surface area contributed by atoms with Gasteiger partial charge >= 0.3 is 0 Å². The zero-order valence-electron chi connectivity index (χ0n) is 10.9. The summed E-state index contributed by atoms with van der Waals surface area (Å²) in [5.41, 5.74) is 2.63. The molecule has 3 nitrogen and oxygen atoms in total. The van der Waals surface area contributed by atoms with E-state index in [1.807, 2.05) is 48.7 Å². The normalized spacial score (nSPS) is 10.4. The van der Waals surface area contributed by atoms with E-state index in [1.54, 1.807) is 17.4 Å². The third kappa shape index (κ3) is 2.38. The largest absolute Gasteiger partial charge is 0.459 e. The molecule has 1 aromatic carbocycles. The molecule has 2 aromatic heterocycles. The molecule has 2 heterocycles. The molecular formula is C16H13NO2S. The van der Waals surface area contributed by atoms with Gasteiger partial charge < -0.3 is 9.73 Å². The second-order valence-corrected chi connectivity index (χ2v) is 5.36. The topological polar surface area (TPSA) is 42.2 Å². The molecule has 3 rings (SSSR count). The monoisotopic (exact) mass is 283 g/mol. The molecule has 0 atom stereocenters. The van der Waals surface area contributed by atoms with Crippen molar-refractivity contribution in [1.29, 1.82) is 0 Å². The van der Waals surface area contributed by atoms with Crippen LogP contribution in [0.3, 0.4) is 0 Å². The molecule has 1 amide bonds. The van der Waals surface area contributed by atoms with Gasteiger partial charge in [0.15, 0.2) is 5.76 Å². The van der Waals surface area contributed by atoms with Crippen molar-refractivity contribution < 1.29 is 9.21 Å². The average molecular weight is 283 g/mol. The van der Waals surface area contributed by atoms with Crippen LogP contribution in [0, 0.1) is 6.92 Å². The van der Waals surface area contributed by atoms with Gasteiger partial charge in [-0.15, -0.1) is 11.3 Å². The Morgan fingerprint density at radius 2 is 2.00 bits per heavy atom. The number of furan rings is 1. The van der Waals surface area contributed by atoms with Gasteiger partial charge in [0.05, 0.1) is 6.26 Å². The Bertz CT molecular complexity index is 729. The molecule has 3 aromatic rings. The number of nitrogens with one attached hydrogen (secondary N) is 1. The molecule has 0 unspecified atom stereocenters. The van der Waals surface area contributed by atoms with Crippen molar-refractivity contribution in [1.82, 2.24) is 0 Å². The number of rotatable bonds is 3. The van der Waals surface area contributed by atoms with Gasteiger partial charge in [-0.2, -0.15) is 0 Å². The first-order valence-electron chi connectivity index (χ1n) is 6.24. The van der Waals surface area contributed by atoms with E-state index in [0.29, 0.717) is 5.76 Å². The number of thiophene rings is 1. The van der Waals surface area contributed by atoms with Gasteiger partial charge in [-0.3, -0.25) is 4.79 Å². The van der Waals surface area contributed by atoms with Crippen molar-refractivity contribution >= 4 is 22.9 Å². The van der Waals surface area contributed by atoms with Crippen LogP contribution in [0.15, 0.2) is 58.5 Å². The number of para-hydroxylation sites is 1. The molecule has 0 aliphatic carbocycles. The molecular weight excluding hydrogens is 270 g/mol. The van der Waals surface area contributed by atoms with Crippen LogP contribution in [-0.2, 0) is 0 Å². The molecule has 0 fully saturated rings. The summed E-state index contributed by atoms with van der Waals surface area (Å²) in [6, 6.07) is 13.6. The summed E-state index contributed by atoms with van der Waals surface area (Å²) in [7, 11) is 0. The van der Waals surface area contributed by atoms with Crippen LogP contribution < -0.4 is 5.32 Å². The number of hydrogen-bond donors (Lipinski definition) is 1. The minimum Gasteiger partial charge on any atom is -0.459 e. The molecule has 0 saturated carbocycles. The third-order valence-corrected chi connectivity index (χ3v) is 3.93. The standard InChI is InChI=1S/C16H13NO2S/c1-11-8-9-19-15(11)16(18)17-13-6-3-2-5-12(13)14-7-4-10-20-14/h2-10H,1H3,(H,17,18). The van der Waals surface area contributed by atoms with Gasteiger partial charge in [0.1, 0.15) is 0 Å². The van der Waals surface area contributed by atoms with E-state index in [2.05, 4.69) is 5.32 Å². The fourth-order valence-corrected chi connectivity index (χ4v) is 2.79. The predicted octanol–water partition coefficient (Wildman–Crippen LogP) is 4.57. The molecule has 0 saturated heterocycles. The summed E-state index contributed by atoms with van der Waals surface area (Å²) >= 11 is 1.64. The lowest BCUT2D eigenvalue weighted by atomic mass is 10.1. The molecule has 4 heteroatoms. The number of aryl methyl sites for hydroxylation is 1. The second-order valence-electron chi connectivity index (χ2n) is 4.41. The first kappa shape index (κ1) is 12.7. The third-order valence-electron chi connectivity index (χ3n) is 3.03. The number of carbonyl (C=O) groups excluding carboxylic acids is 1. The highest BCUT2D eigenvalue weighted by molar-refractivity contribution is 7.13. The van der Waals surface area contributed by atoms with Gasteiger partial charge in [-0.25, -0.2) is 0 Å². The average Bonchev–Trinajstić information content (AvgIpc) is 3.10. The Morgan fingerprint density at radius 1 is 1.15 bits per heavy atom. The Morgan fingerprint density at radius 3 is 2.70 bits per heavy atom. The zero-order chi connectivity index (χ0) is 13.9. The Labute approximate surface area is 120 Å². The van der Waals surface area contributed by atoms with Crippen LogP contribution in [0.2, 0.25) is 0 Å². The summed E-state index contributed by atoms with van der Waals surface area (Å²) in [5.74, 6) is 0.127. The fraction of sp³-hybridized carbons (Fsp3) is 0.0625. The molecule has 0 spiro atoms. The van der Waals surface area contributed by atoms with E-state index in [4.69, 9.17) is 4.42 Å². The highest BCUT2D eigenvalue weighted by atomic mass is 32.1. The number of amides is 1. The quantitative estimate of drug-likeness (QED) is 0.765. The van der Waals surface area contributed by atoms with Crippen molar-refractivity contribution in [2.45, 2.75) is 6.92 Å². The van der Waals surface area contributed by atoms with Crippen molar-refractivity contribution in [2.24, 2.45) is 0 Å². The minimum atomic E-state index is -0.225. The maximum absolute atomic E-state index is 12.2. The smallest absolute Gasteiger partial charge is 0.291 e. The number of hydrogen-bond acceptors (Lipinski definition) is 3. The van der Waals surface area contributed by atoms with Gasteiger partial charge in [0, 0.05) is 21.7 Å².